The van der Waals surface area contributed by atoms with Crippen LogP contribution in [-0.2, 0) is 5.41 Å². The maximum absolute atomic E-state index is 13.0. The molecule has 0 saturated heterocycles. The topological polar surface area (TPSA) is 41.1 Å². The smallest absolute Gasteiger partial charge is 0.193 e. The summed E-state index contributed by atoms with van der Waals surface area (Å²) in [5.41, 5.74) is 7.07. The van der Waals surface area contributed by atoms with E-state index in [0.29, 0.717) is 16.2 Å². The summed E-state index contributed by atoms with van der Waals surface area (Å²) in [6, 6.07) is 21.8. The lowest BCUT2D eigenvalue weighted by atomic mass is 9.86. The van der Waals surface area contributed by atoms with Crippen LogP contribution in [0, 0.1) is 13.8 Å². The summed E-state index contributed by atoms with van der Waals surface area (Å²) in [6.45, 7) is 12.8. The number of thiocarbonyl (C=S) groups is 1. The van der Waals surface area contributed by atoms with E-state index >= 15 is 0 Å². The number of rotatable bonds is 5. The lowest BCUT2D eigenvalue weighted by Crippen LogP contribution is -2.31. The molecule has 0 aliphatic rings. The van der Waals surface area contributed by atoms with E-state index in [-0.39, 0.29) is 17.2 Å². The molecule has 0 bridgehead atoms. The molecule has 166 valence electrons. The number of hydrogen-bond donors (Lipinski definition) is 2. The Hall–Kier alpha value is -2.98. The maximum Gasteiger partial charge on any atom is 0.193 e. The summed E-state index contributed by atoms with van der Waals surface area (Å²) in [5, 5.41) is 7.06. The van der Waals surface area contributed by atoms with Gasteiger partial charge in [-0.1, -0.05) is 75.4 Å². The third-order valence-electron chi connectivity index (χ3n) is 5.77. The minimum atomic E-state index is -0.00325. The van der Waals surface area contributed by atoms with Crippen LogP contribution in [0.4, 0.5) is 5.69 Å². The van der Waals surface area contributed by atoms with Gasteiger partial charge in [0.1, 0.15) is 0 Å². The second kappa shape index (κ2) is 9.66. The minimum absolute atomic E-state index is 0.00325. The van der Waals surface area contributed by atoms with Gasteiger partial charge in [-0.25, -0.2) is 0 Å². The molecule has 0 spiro atoms. The fraction of sp³-hybridized carbons (Fsp3) is 0.286. The van der Waals surface area contributed by atoms with Crippen LogP contribution in [-0.4, -0.2) is 10.9 Å². The van der Waals surface area contributed by atoms with Gasteiger partial charge >= 0.3 is 0 Å². The first-order chi connectivity index (χ1) is 15.0. The van der Waals surface area contributed by atoms with Crippen LogP contribution in [0.2, 0.25) is 0 Å². The molecule has 0 saturated carbocycles. The highest BCUT2D eigenvalue weighted by Crippen LogP contribution is 2.23. The molecule has 3 nitrogen and oxygen atoms in total. The number of anilines is 1. The van der Waals surface area contributed by atoms with E-state index in [4.69, 9.17) is 12.2 Å². The van der Waals surface area contributed by atoms with Crippen LogP contribution >= 0.6 is 12.2 Å². The Kier molecular flexibility index (Phi) is 7.15. The van der Waals surface area contributed by atoms with Crippen molar-refractivity contribution in [3.63, 3.8) is 0 Å². The Labute approximate surface area is 197 Å². The molecule has 0 aromatic heterocycles. The number of carbonyl (C=O) groups excluding carboxylic acids is 1. The second-order valence-corrected chi connectivity index (χ2v) is 9.81. The van der Waals surface area contributed by atoms with Crippen molar-refractivity contribution in [3.8, 4) is 0 Å². The molecule has 2 N–H and O–H groups in total. The Balaban J connectivity index is 1.68. The third-order valence-corrected chi connectivity index (χ3v) is 5.99. The molecule has 0 radical (unpaired) electrons. The Morgan fingerprint density at radius 2 is 1.56 bits per heavy atom. The van der Waals surface area contributed by atoms with E-state index in [1.54, 1.807) is 0 Å². The fourth-order valence-electron chi connectivity index (χ4n) is 3.51. The zero-order valence-corrected chi connectivity index (χ0v) is 20.6. The highest BCUT2D eigenvalue weighted by Gasteiger charge is 2.15. The molecule has 0 aliphatic heterocycles. The SMILES string of the molecule is Cc1ccc([C@H](C)NC(=S)Nc2cccc(C(=O)c3ccc(C(C)(C)C)cc3)c2)cc1C. The molecule has 3 aromatic carbocycles. The molecule has 0 heterocycles. The number of nitrogens with one attached hydrogen (secondary N) is 2. The standard InChI is InChI=1S/C28H32N2OS/c1-18-10-11-22(16-19(18)2)20(3)29-27(32)30-25-9-7-8-23(17-25)26(31)21-12-14-24(15-13-21)28(4,5)6/h7-17,20H,1-6H3,(H2,29,30,32)/t20-/m0/s1. The zero-order valence-electron chi connectivity index (χ0n) is 19.7. The zero-order chi connectivity index (χ0) is 23.5. The van der Waals surface area contributed by atoms with Gasteiger partial charge < -0.3 is 10.6 Å². The summed E-state index contributed by atoms with van der Waals surface area (Å²) in [6.07, 6.45) is 0. The van der Waals surface area contributed by atoms with Crippen molar-refractivity contribution < 1.29 is 4.79 Å². The van der Waals surface area contributed by atoms with Gasteiger partial charge in [-0.3, -0.25) is 4.79 Å². The molecule has 0 unspecified atom stereocenters. The van der Waals surface area contributed by atoms with Gasteiger partial charge in [0.05, 0.1) is 6.04 Å². The van der Waals surface area contributed by atoms with Crippen LogP contribution in [0.1, 0.15) is 71.9 Å². The van der Waals surface area contributed by atoms with E-state index in [1.807, 2.05) is 48.5 Å². The Bertz CT molecular complexity index is 1130. The highest BCUT2D eigenvalue weighted by atomic mass is 32.1. The fourth-order valence-corrected chi connectivity index (χ4v) is 3.80. The van der Waals surface area contributed by atoms with Gasteiger partial charge in [0.15, 0.2) is 10.9 Å². The number of ketones is 1. The minimum Gasteiger partial charge on any atom is -0.356 e. The van der Waals surface area contributed by atoms with E-state index in [9.17, 15) is 4.79 Å². The van der Waals surface area contributed by atoms with Gasteiger partial charge in [0, 0.05) is 16.8 Å². The van der Waals surface area contributed by atoms with Crippen molar-refractivity contribution in [2.45, 2.75) is 53.0 Å². The first-order valence-corrected chi connectivity index (χ1v) is 11.4. The van der Waals surface area contributed by atoms with Crippen LogP contribution in [0.5, 0.6) is 0 Å². The molecule has 3 rings (SSSR count). The first-order valence-electron chi connectivity index (χ1n) is 10.9. The van der Waals surface area contributed by atoms with Gasteiger partial charge in [0.25, 0.3) is 0 Å². The summed E-state index contributed by atoms with van der Waals surface area (Å²) in [5.74, 6) is -0.00325. The number of aryl methyl sites for hydroxylation is 2. The van der Waals surface area contributed by atoms with Crippen LogP contribution < -0.4 is 10.6 Å². The lowest BCUT2D eigenvalue weighted by Gasteiger charge is -2.19. The third kappa shape index (κ3) is 5.83. The lowest BCUT2D eigenvalue weighted by molar-refractivity contribution is 0.103. The number of hydrogen-bond acceptors (Lipinski definition) is 2. The van der Waals surface area contributed by atoms with Crippen LogP contribution in [0.3, 0.4) is 0 Å². The van der Waals surface area contributed by atoms with Crippen molar-refractivity contribution in [3.05, 3.63) is 100 Å². The predicted molar refractivity (Wildman–Crippen MR) is 139 cm³/mol. The number of carbonyl (C=O) groups is 1. The molecule has 4 heteroatoms. The second-order valence-electron chi connectivity index (χ2n) is 9.40. The summed E-state index contributed by atoms with van der Waals surface area (Å²) < 4.78 is 0. The molecule has 0 amide bonds. The molecule has 32 heavy (non-hydrogen) atoms. The van der Waals surface area contributed by atoms with Crippen molar-refractivity contribution in [1.29, 1.82) is 0 Å². The van der Waals surface area contributed by atoms with Crippen molar-refractivity contribution in [2.75, 3.05) is 5.32 Å². The molecule has 0 fully saturated rings. The normalized spacial score (nSPS) is 12.2. The molecule has 1 atom stereocenters. The average Bonchev–Trinajstić information content (AvgIpc) is 2.74. The van der Waals surface area contributed by atoms with E-state index in [2.05, 4.69) is 70.4 Å². The van der Waals surface area contributed by atoms with Crippen molar-refractivity contribution >= 4 is 28.8 Å². The van der Waals surface area contributed by atoms with Gasteiger partial charge in [-0.05, 0) is 72.8 Å². The highest BCUT2D eigenvalue weighted by molar-refractivity contribution is 7.80. The summed E-state index contributed by atoms with van der Waals surface area (Å²) in [7, 11) is 0. The first kappa shape index (κ1) is 23.7. The predicted octanol–water partition coefficient (Wildman–Crippen LogP) is 6.88. The largest absolute Gasteiger partial charge is 0.356 e. The van der Waals surface area contributed by atoms with Gasteiger partial charge in [-0.2, -0.15) is 0 Å². The molecular formula is C28H32N2OS. The Morgan fingerprint density at radius 1 is 0.875 bits per heavy atom. The van der Waals surface area contributed by atoms with E-state index < -0.39 is 0 Å². The molecular weight excluding hydrogens is 412 g/mol. The van der Waals surface area contributed by atoms with E-state index in [1.165, 1.54) is 22.3 Å². The monoisotopic (exact) mass is 444 g/mol. The van der Waals surface area contributed by atoms with Gasteiger partial charge in [0.2, 0.25) is 0 Å². The molecule has 3 aromatic rings. The molecule has 0 aliphatic carbocycles. The van der Waals surface area contributed by atoms with E-state index in [0.717, 1.165) is 5.69 Å². The van der Waals surface area contributed by atoms with Crippen LogP contribution in [0.25, 0.3) is 0 Å². The quantitative estimate of drug-likeness (QED) is 0.332. The summed E-state index contributed by atoms with van der Waals surface area (Å²) >= 11 is 5.52. The van der Waals surface area contributed by atoms with Crippen LogP contribution in [0.15, 0.2) is 66.7 Å². The van der Waals surface area contributed by atoms with Crippen molar-refractivity contribution in [2.24, 2.45) is 0 Å². The van der Waals surface area contributed by atoms with Crippen molar-refractivity contribution in [1.82, 2.24) is 5.32 Å². The Morgan fingerprint density at radius 3 is 2.19 bits per heavy atom. The maximum atomic E-state index is 13.0. The summed E-state index contributed by atoms with van der Waals surface area (Å²) in [4.78, 5) is 13.0. The van der Waals surface area contributed by atoms with Gasteiger partial charge in [-0.15, -0.1) is 0 Å². The average molecular weight is 445 g/mol. The number of benzene rings is 3.